The molecule has 1 aromatic heterocycles. The summed E-state index contributed by atoms with van der Waals surface area (Å²) in [4.78, 5) is 20.3. The molecule has 0 saturated carbocycles. The fraction of sp³-hybridized carbons (Fsp3) is 0.0909. The Kier molecular flexibility index (Phi) is 3.00. The second-order valence-corrected chi connectivity index (χ2v) is 6.39. The Bertz CT molecular complexity index is 539. The predicted molar refractivity (Wildman–Crippen MR) is 66.2 cm³/mol. The fourth-order valence-electron chi connectivity index (χ4n) is 1.41. The lowest BCUT2D eigenvalue weighted by molar-refractivity contribution is 0.387. The number of benzene rings is 1. The summed E-state index contributed by atoms with van der Waals surface area (Å²) in [6, 6.07) is 10.5. The van der Waals surface area contributed by atoms with E-state index in [1.807, 2.05) is 19.1 Å². The summed E-state index contributed by atoms with van der Waals surface area (Å²) in [5.74, 6) is 0. The first-order chi connectivity index (χ1) is 7.47. The Morgan fingerprint density at radius 1 is 1.06 bits per heavy atom. The topological polar surface area (TPSA) is 57.5 Å². The molecule has 0 unspecified atom stereocenters. The molecule has 1 aromatic carbocycles. The Labute approximate surface area is 97.5 Å². The number of hydrogen-bond acceptors (Lipinski definition) is 2. The van der Waals surface area contributed by atoms with Gasteiger partial charge in [-0.3, -0.25) is 4.57 Å². The zero-order valence-electron chi connectivity index (χ0n) is 8.62. The van der Waals surface area contributed by atoms with Crippen molar-refractivity contribution in [3.63, 3.8) is 0 Å². The highest BCUT2D eigenvalue weighted by atomic mass is 32.1. The molecule has 16 heavy (non-hydrogen) atoms. The van der Waals surface area contributed by atoms with Crippen molar-refractivity contribution in [3.8, 4) is 10.4 Å². The van der Waals surface area contributed by atoms with Crippen molar-refractivity contribution in [2.24, 2.45) is 0 Å². The number of aryl methyl sites for hydroxylation is 1. The van der Waals surface area contributed by atoms with Crippen molar-refractivity contribution in [1.29, 1.82) is 0 Å². The highest BCUT2D eigenvalue weighted by Crippen LogP contribution is 2.34. The van der Waals surface area contributed by atoms with E-state index in [1.54, 1.807) is 23.5 Å². The summed E-state index contributed by atoms with van der Waals surface area (Å²) in [5, 5.41) is 0.0597. The van der Waals surface area contributed by atoms with E-state index in [0.717, 1.165) is 10.4 Å². The molecule has 0 aliphatic heterocycles. The first-order valence-corrected chi connectivity index (χ1v) is 7.13. The van der Waals surface area contributed by atoms with Crippen LogP contribution in [0, 0.1) is 6.92 Å². The van der Waals surface area contributed by atoms with E-state index in [2.05, 4.69) is 0 Å². The molecule has 84 valence electrons. The average Bonchev–Trinajstić information content (AvgIpc) is 2.64. The standard InChI is InChI=1S/C11H11O3PS/c1-8-2-7-11(16-8)9-3-5-10(6-4-9)15(12,13)14/h2-7H,1H3,(H2,12,13,14). The van der Waals surface area contributed by atoms with Crippen LogP contribution in [0.1, 0.15) is 4.88 Å². The highest BCUT2D eigenvalue weighted by Gasteiger charge is 2.16. The van der Waals surface area contributed by atoms with Gasteiger partial charge in [0.2, 0.25) is 0 Å². The minimum atomic E-state index is -4.12. The zero-order chi connectivity index (χ0) is 11.8. The molecular weight excluding hydrogens is 243 g/mol. The third-order valence-corrected chi connectivity index (χ3v) is 4.25. The molecule has 0 atom stereocenters. The molecule has 0 fully saturated rings. The van der Waals surface area contributed by atoms with Crippen LogP contribution in [0.2, 0.25) is 0 Å². The molecule has 0 spiro atoms. The van der Waals surface area contributed by atoms with E-state index in [9.17, 15) is 4.57 Å². The molecule has 0 aliphatic rings. The van der Waals surface area contributed by atoms with E-state index in [-0.39, 0.29) is 5.30 Å². The van der Waals surface area contributed by atoms with Crippen LogP contribution in [0.15, 0.2) is 36.4 Å². The largest absolute Gasteiger partial charge is 0.356 e. The lowest BCUT2D eigenvalue weighted by Gasteiger charge is -2.04. The van der Waals surface area contributed by atoms with Crippen LogP contribution < -0.4 is 5.30 Å². The van der Waals surface area contributed by atoms with Gasteiger partial charge in [-0.15, -0.1) is 11.3 Å². The average molecular weight is 254 g/mol. The summed E-state index contributed by atoms with van der Waals surface area (Å²) in [6.45, 7) is 2.03. The first-order valence-electron chi connectivity index (χ1n) is 4.70. The molecule has 3 nitrogen and oxygen atoms in total. The van der Waals surface area contributed by atoms with Crippen molar-refractivity contribution in [3.05, 3.63) is 41.3 Å². The predicted octanol–water partition coefficient (Wildman–Crippen LogP) is 2.53. The monoisotopic (exact) mass is 254 g/mol. The maximum Gasteiger partial charge on any atom is 0.356 e. The lowest BCUT2D eigenvalue weighted by atomic mass is 10.2. The van der Waals surface area contributed by atoms with Gasteiger partial charge in [-0.1, -0.05) is 12.1 Å². The van der Waals surface area contributed by atoms with Crippen LogP contribution in [0.5, 0.6) is 0 Å². The van der Waals surface area contributed by atoms with Gasteiger partial charge in [-0.05, 0) is 36.8 Å². The van der Waals surface area contributed by atoms with E-state index in [4.69, 9.17) is 9.79 Å². The third-order valence-electron chi connectivity index (χ3n) is 2.23. The van der Waals surface area contributed by atoms with Gasteiger partial charge in [0.1, 0.15) is 0 Å². The van der Waals surface area contributed by atoms with Crippen molar-refractivity contribution < 1.29 is 14.4 Å². The summed E-state index contributed by atoms with van der Waals surface area (Å²) < 4.78 is 11.0. The smallest absolute Gasteiger partial charge is 0.321 e. The Morgan fingerprint density at radius 2 is 1.69 bits per heavy atom. The molecule has 5 heteroatoms. The highest BCUT2D eigenvalue weighted by molar-refractivity contribution is 7.60. The molecule has 2 aromatic rings. The summed E-state index contributed by atoms with van der Waals surface area (Å²) in [6.07, 6.45) is 0. The Morgan fingerprint density at radius 3 is 2.12 bits per heavy atom. The number of rotatable bonds is 2. The molecule has 0 aliphatic carbocycles. The molecule has 0 saturated heterocycles. The summed E-state index contributed by atoms with van der Waals surface area (Å²) in [7, 11) is -4.12. The van der Waals surface area contributed by atoms with Gasteiger partial charge in [-0.25, -0.2) is 0 Å². The van der Waals surface area contributed by atoms with Crippen LogP contribution >= 0.6 is 18.9 Å². The molecule has 0 bridgehead atoms. The van der Waals surface area contributed by atoms with Gasteiger partial charge >= 0.3 is 7.60 Å². The summed E-state index contributed by atoms with van der Waals surface area (Å²) in [5.41, 5.74) is 0.982. The second kappa shape index (κ2) is 4.15. The van der Waals surface area contributed by atoms with Crippen LogP contribution in [-0.4, -0.2) is 9.79 Å². The molecule has 1 heterocycles. The van der Waals surface area contributed by atoms with Crippen molar-refractivity contribution in [1.82, 2.24) is 0 Å². The van der Waals surface area contributed by atoms with Gasteiger partial charge < -0.3 is 9.79 Å². The number of thiophene rings is 1. The van der Waals surface area contributed by atoms with E-state index in [0.29, 0.717) is 0 Å². The molecule has 0 amide bonds. The Hall–Kier alpha value is -0.930. The molecule has 0 radical (unpaired) electrons. The maximum atomic E-state index is 11.0. The van der Waals surface area contributed by atoms with E-state index in [1.165, 1.54) is 17.0 Å². The van der Waals surface area contributed by atoms with E-state index < -0.39 is 7.60 Å². The van der Waals surface area contributed by atoms with Crippen LogP contribution in [-0.2, 0) is 4.57 Å². The number of hydrogen-bond donors (Lipinski definition) is 2. The lowest BCUT2D eigenvalue weighted by Crippen LogP contribution is -2.02. The quantitative estimate of drug-likeness (QED) is 0.810. The van der Waals surface area contributed by atoms with Gasteiger partial charge in [0.25, 0.3) is 0 Å². The normalized spacial score (nSPS) is 11.7. The van der Waals surface area contributed by atoms with Crippen molar-refractivity contribution in [2.75, 3.05) is 0 Å². The van der Waals surface area contributed by atoms with Crippen LogP contribution in [0.25, 0.3) is 10.4 Å². The molecule has 2 rings (SSSR count). The van der Waals surface area contributed by atoms with Crippen molar-refractivity contribution >= 4 is 24.2 Å². The summed E-state index contributed by atoms with van der Waals surface area (Å²) >= 11 is 1.66. The van der Waals surface area contributed by atoms with Gasteiger partial charge in [0.05, 0.1) is 5.30 Å². The first kappa shape index (κ1) is 11.6. The van der Waals surface area contributed by atoms with Gasteiger partial charge in [0, 0.05) is 9.75 Å². The minimum absolute atomic E-state index is 0.0597. The molecular formula is C11H11O3PS. The van der Waals surface area contributed by atoms with Crippen LogP contribution in [0.3, 0.4) is 0 Å². The van der Waals surface area contributed by atoms with Gasteiger partial charge in [-0.2, -0.15) is 0 Å². The zero-order valence-corrected chi connectivity index (χ0v) is 10.3. The van der Waals surface area contributed by atoms with Gasteiger partial charge in [0.15, 0.2) is 0 Å². The minimum Gasteiger partial charge on any atom is -0.321 e. The van der Waals surface area contributed by atoms with E-state index >= 15 is 0 Å². The maximum absolute atomic E-state index is 11.0. The third kappa shape index (κ3) is 2.42. The second-order valence-electron chi connectivity index (χ2n) is 3.50. The fourth-order valence-corrected chi connectivity index (χ4v) is 2.82. The van der Waals surface area contributed by atoms with Crippen LogP contribution in [0.4, 0.5) is 0 Å². The molecule has 2 N–H and O–H groups in total. The Balaban J connectivity index is 2.37. The van der Waals surface area contributed by atoms with Crippen molar-refractivity contribution in [2.45, 2.75) is 6.92 Å². The SMILES string of the molecule is Cc1ccc(-c2ccc(P(=O)(O)O)cc2)s1.